The van der Waals surface area contributed by atoms with Gasteiger partial charge in [0.25, 0.3) is 0 Å². The molecule has 0 spiro atoms. The van der Waals surface area contributed by atoms with Crippen LogP contribution in [-0.2, 0) is 27.8 Å². The molecule has 1 amide bonds. The van der Waals surface area contributed by atoms with Crippen LogP contribution < -0.4 is 5.32 Å². The maximum atomic E-state index is 12.2. The Kier molecular flexibility index (Phi) is 6.87. The molecule has 1 aromatic heterocycles. The van der Waals surface area contributed by atoms with E-state index in [2.05, 4.69) is 17.2 Å². The quantitative estimate of drug-likeness (QED) is 0.738. The van der Waals surface area contributed by atoms with Gasteiger partial charge in [0, 0.05) is 31.7 Å². The smallest absolute Gasteiger partial charge is 0.242 e. The highest BCUT2D eigenvalue weighted by Crippen LogP contribution is 2.18. The maximum absolute atomic E-state index is 12.2. The molecule has 1 aromatic carbocycles. The van der Waals surface area contributed by atoms with Crippen LogP contribution in [0.15, 0.2) is 34.5 Å². The van der Waals surface area contributed by atoms with E-state index in [-0.39, 0.29) is 17.3 Å². The fourth-order valence-corrected chi connectivity index (χ4v) is 3.99. The van der Waals surface area contributed by atoms with Crippen LogP contribution in [0.1, 0.15) is 17.6 Å². The van der Waals surface area contributed by atoms with Crippen molar-refractivity contribution < 1.29 is 13.2 Å². The molecule has 0 saturated carbocycles. The van der Waals surface area contributed by atoms with Gasteiger partial charge in [-0.15, -0.1) is 11.3 Å². The molecule has 0 bridgehead atoms. The predicted octanol–water partition coefficient (Wildman–Crippen LogP) is 2.03. The zero-order valence-electron chi connectivity index (χ0n) is 15.4. The Morgan fingerprint density at radius 3 is 2.62 bits per heavy atom. The SMILES string of the molecule is CCc1nc(CN(C)CC(=O)Nc2cccc(S(=O)(=O)N(C)C)c2)cs1. The minimum Gasteiger partial charge on any atom is -0.325 e. The summed E-state index contributed by atoms with van der Waals surface area (Å²) in [6, 6.07) is 6.24. The van der Waals surface area contributed by atoms with Crippen molar-refractivity contribution in [1.82, 2.24) is 14.2 Å². The lowest BCUT2D eigenvalue weighted by Crippen LogP contribution is -2.30. The average molecular weight is 397 g/mol. The van der Waals surface area contributed by atoms with E-state index in [1.54, 1.807) is 23.5 Å². The maximum Gasteiger partial charge on any atom is 0.242 e. The van der Waals surface area contributed by atoms with Gasteiger partial charge >= 0.3 is 0 Å². The van der Waals surface area contributed by atoms with E-state index in [4.69, 9.17) is 0 Å². The van der Waals surface area contributed by atoms with Crippen LogP contribution in [0.3, 0.4) is 0 Å². The molecule has 0 saturated heterocycles. The van der Waals surface area contributed by atoms with Gasteiger partial charge in [0.1, 0.15) is 0 Å². The van der Waals surface area contributed by atoms with Crippen molar-refractivity contribution in [2.75, 3.05) is 33.0 Å². The Morgan fingerprint density at radius 1 is 1.27 bits per heavy atom. The molecule has 0 fully saturated rings. The zero-order chi connectivity index (χ0) is 19.3. The van der Waals surface area contributed by atoms with E-state index in [1.807, 2.05) is 17.3 Å². The summed E-state index contributed by atoms with van der Waals surface area (Å²) in [5.74, 6) is -0.210. The lowest BCUT2D eigenvalue weighted by atomic mass is 10.3. The number of hydrogen-bond donors (Lipinski definition) is 1. The summed E-state index contributed by atoms with van der Waals surface area (Å²) in [4.78, 5) is 18.7. The topological polar surface area (TPSA) is 82.6 Å². The largest absolute Gasteiger partial charge is 0.325 e. The molecule has 7 nitrogen and oxygen atoms in total. The van der Waals surface area contributed by atoms with Crippen LogP contribution in [0.5, 0.6) is 0 Å². The number of aryl methyl sites for hydroxylation is 1. The molecule has 142 valence electrons. The van der Waals surface area contributed by atoms with Crippen molar-refractivity contribution in [2.45, 2.75) is 24.8 Å². The van der Waals surface area contributed by atoms with E-state index in [9.17, 15) is 13.2 Å². The fraction of sp³-hybridized carbons (Fsp3) is 0.412. The summed E-state index contributed by atoms with van der Waals surface area (Å²) in [6.45, 7) is 2.83. The van der Waals surface area contributed by atoms with E-state index >= 15 is 0 Å². The van der Waals surface area contributed by atoms with Gasteiger partial charge in [0.2, 0.25) is 15.9 Å². The number of aromatic nitrogens is 1. The number of likely N-dealkylation sites (N-methyl/N-ethyl adjacent to an activating group) is 1. The monoisotopic (exact) mass is 396 g/mol. The molecular weight excluding hydrogens is 372 g/mol. The van der Waals surface area contributed by atoms with Gasteiger partial charge in [-0.2, -0.15) is 0 Å². The predicted molar refractivity (Wildman–Crippen MR) is 104 cm³/mol. The fourth-order valence-electron chi connectivity index (χ4n) is 2.31. The van der Waals surface area contributed by atoms with Crippen molar-refractivity contribution in [1.29, 1.82) is 0 Å². The number of carbonyl (C=O) groups is 1. The molecule has 2 rings (SSSR count). The molecule has 0 aliphatic heterocycles. The molecule has 9 heteroatoms. The van der Waals surface area contributed by atoms with Crippen molar-refractivity contribution >= 4 is 33.0 Å². The van der Waals surface area contributed by atoms with Gasteiger partial charge in [-0.05, 0) is 31.7 Å². The molecule has 1 heterocycles. The third kappa shape index (κ3) is 5.34. The highest BCUT2D eigenvalue weighted by Gasteiger charge is 2.18. The number of nitrogens with zero attached hydrogens (tertiary/aromatic N) is 3. The van der Waals surface area contributed by atoms with Crippen LogP contribution in [0.4, 0.5) is 5.69 Å². The van der Waals surface area contributed by atoms with Crippen LogP contribution >= 0.6 is 11.3 Å². The standard InChI is InChI=1S/C17H24N4O3S2/c1-5-17-19-14(12-25-17)10-21(4)11-16(22)18-13-7-6-8-15(9-13)26(23,24)20(2)3/h6-9,12H,5,10-11H2,1-4H3,(H,18,22). The molecule has 0 atom stereocenters. The lowest BCUT2D eigenvalue weighted by molar-refractivity contribution is -0.117. The lowest BCUT2D eigenvalue weighted by Gasteiger charge is -2.16. The highest BCUT2D eigenvalue weighted by atomic mass is 32.2. The van der Waals surface area contributed by atoms with Gasteiger partial charge in [-0.25, -0.2) is 17.7 Å². The Bertz CT molecular complexity index is 862. The summed E-state index contributed by atoms with van der Waals surface area (Å²) in [7, 11) is 1.25. The molecule has 2 aromatic rings. The minimum atomic E-state index is -3.53. The summed E-state index contributed by atoms with van der Waals surface area (Å²) in [5.41, 5.74) is 1.40. The molecular formula is C17H24N4O3S2. The number of rotatable bonds is 8. The number of nitrogens with one attached hydrogen (secondary N) is 1. The van der Waals surface area contributed by atoms with Gasteiger partial charge in [-0.1, -0.05) is 13.0 Å². The third-order valence-corrected chi connectivity index (χ3v) is 6.50. The van der Waals surface area contributed by atoms with E-state index < -0.39 is 10.0 Å². The second kappa shape index (κ2) is 8.72. The molecule has 0 unspecified atom stereocenters. The number of anilines is 1. The first-order chi connectivity index (χ1) is 12.2. The van der Waals surface area contributed by atoms with E-state index in [0.717, 1.165) is 21.4 Å². The van der Waals surface area contributed by atoms with Gasteiger partial charge in [0.05, 0.1) is 22.1 Å². The van der Waals surface area contributed by atoms with Crippen LogP contribution in [0, 0.1) is 0 Å². The second-order valence-electron chi connectivity index (χ2n) is 6.12. The Balaban J connectivity index is 1.97. The Labute approximate surface area is 158 Å². The molecule has 1 N–H and O–H groups in total. The molecule has 0 aliphatic carbocycles. The molecule has 26 heavy (non-hydrogen) atoms. The molecule has 0 aliphatic rings. The highest BCUT2D eigenvalue weighted by molar-refractivity contribution is 7.89. The summed E-state index contributed by atoms with van der Waals surface area (Å²) in [6.07, 6.45) is 0.904. The second-order valence-corrected chi connectivity index (χ2v) is 9.22. The van der Waals surface area contributed by atoms with Crippen LogP contribution in [0.25, 0.3) is 0 Å². The number of amides is 1. The van der Waals surface area contributed by atoms with E-state index in [0.29, 0.717) is 12.2 Å². The number of hydrogen-bond acceptors (Lipinski definition) is 6. The van der Waals surface area contributed by atoms with Crippen molar-refractivity contribution in [3.05, 3.63) is 40.3 Å². The first-order valence-corrected chi connectivity index (χ1v) is 10.5. The number of thiazole rings is 1. The van der Waals surface area contributed by atoms with Crippen LogP contribution in [0.2, 0.25) is 0 Å². The summed E-state index contributed by atoms with van der Waals surface area (Å²) in [5, 5.41) is 5.83. The number of benzene rings is 1. The Hall–Kier alpha value is -1.81. The number of carbonyl (C=O) groups excluding carboxylic acids is 1. The van der Waals surface area contributed by atoms with Crippen molar-refractivity contribution in [2.24, 2.45) is 0 Å². The summed E-state index contributed by atoms with van der Waals surface area (Å²) < 4.78 is 25.5. The van der Waals surface area contributed by atoms with Crippen molar-refractivity contribution in [3.63, 3.8) is 0 Å². The molecule has 0 radical (unpaired) electrons. The van der Waals surface area contributed by atoms with Gasteiger partial charge in [0.15, 0.2) is 0 Å². The minimum absolute atomic E-state index is 0.142. The summed E-state index contributed by atoms with van der Waals surface area (Å²) >= 11 is 1.62. The van der Waals surface area contributed by atoms with Gasteiger partial charge < -0.3 is 5.32 Å². The first-order valence-electron chi connectivity index (χ1n) is 8.16. The first kappa shape index (κ1) is 20.5. The third-order valence-electron chi connectivity index (χ3n) is 3.64. The van der Waals surface area contributed by atoms with Gasteiger partial charge in [-0.3, -0.25) is 9.69 Å². The van der Waals surface area contributed by atoms with Crippen LogP contribution in [-0.4, -0.2) is 56.2 Å². The normalized spacial score (nSPS) is 11.9. The van der Waals surface area contributed by atoms with Crippen molar-refractivity contribution in [3.8, 4) is 0 Å². The zero-order valence-corrected chi connectivity index (χ0v) is 17.0. The number of sulfonamides is 1. The Morgan fingerprint density at radius 2 is 2.00 bits per heavy atom. The average Bonchev–Trinajstić information content (AvgIpc) is 3.02. The van der Waals surface area contributed by atoms with E-state index in [1.165, 1.54) is 26.2 Å².